The van der Waals surface area contributed by atoms with Crippen LogP contribution < -0.4 is 0 Å². The smallest absolute Gasteiger partial charge is 0.303 e. The number of carbonyl (C=O) groups is 1. The van der Waals surface area contributed by atoms with Gasteiger partial charge in [-0.3, -0.25) is 4.79 Å². The summed E-state index contributed by atoms with van der Waals surface area (Å²) in [5.41, 5.74) is 0.468. The Hall–Kier alpha value is -1.08. The van der Waals surface area contributed by atoms with Crippen molar-refractivity contribution in [3.8, 4) is 0 Å². The summed E-state index contributed by atoms with van der Waals surface area (Å²) in [5.74, 6) is -1.68. The van der Waals surface area contributed by atoms with E-state index in [9.17, 15) is 17.6 Å². The van der Waals surface area contributed by atoms with E-state index in [1.165, 1.54) is 12.1 Å². The number of carboxylic acid groups (broad SMARTS) is 1. The highest BCUT2D eigenvalue weighted by molar-refractivity contribution is 7.99. The van der Waals surface area contributed by atoms with Crippen molar-refractivity contribution in [3.63, 3.8) is 0 Å². The first-order chi connectivity index (χ1) is 9.74. The molecule has 0 aromatic heterocycles. The molecule has 116 valence electrons. The van der Waals surface area contributed by atoms with Gasteiger partial charge in [0.25, 0.3) is 0 Å². The van der Waals surface area contributed by atoms with E-state index in [1.807, 2.05) is 0 Å². The van der Waals surface area contributed by atoms with Gasteiger partial charge in [-0.2, -0.15) is 0 Å². The van der Waals surface area contributed by atoms with Crippen molar-refractivity contribution in [2.45, 2.75) is 35.0 Å². The summed E-state index contributed by atoms with van der Waals surface area (Å²) in [5, 5.41) is 9.00. The van der Waals surface area contributed by atoms with Gasteiger partial charge in [0.2, 0.25) is 0 Å². The minimum atomic E-state index is -3.57. The third kappa shape index (κ3) is 3.77. The fourth-order valence-corrected chi connectivity index (χ4v) is 4.52. The Morgan fingerprint density at radius 3 is 2.52 bits per heavy atom. The van der Waals surface area contributed by atoms with Crippen LogP contribution in [0.1, 0.15) is 30.7 Å². The van der Waals surface area contributed by atoms with Crippen LogP contribution in [-0.2, 0) is 14.6 Å². The van der Waals surface area contributed by atoms with E-state index in [4.69, 9.17) is 5.11 Å². The normalized spacial score (nSPS) is 16.7. The first kappa shape index (κ1) is 16.3. The molecule has 1 unspecified atom stereocenters. The fraction of sp³-hybridized carbons (Fsp3) is 0.500. The molecule has 7 heteroatoms. The van der Waals surface area contributed by atoms with Crippen LogP contribution in [0.15, 0.2) is 21.9 Å². The molecule has 0 spiro atoms. The molecule has 1 aromatic carbocycles. The van der Waals surface area contributed by atoms with Gasteiger partial charge in [-0.1, -0.05) is 0 Å². The number of sulfone groups is 1. The Bertz CT molecular complexity index is 666. The zero-order chi connectivity index (χ0) is 15.8. The molecule has 0 saturated heterocycles. The van der Waals surface area contributed by atoms with Crippen LogP contribution in [0.5, 0.6) is 0 Å². The molecule has 2 rings (SSSR count). The first-order valence-corrected chi connectivity index (χ1v) is 9.65. The summed E-state index contributed by atoms with van der Waals surface area (Å²) in [6.45, 7) is 0. The van der Waals surface area contributed by atoms with E-state index < -0.39 is 21.6 Å². The van der Waals surface area contributed by atoms with Gasteiger partial charge in [-0.05, 0) is 48.6 Å². The van der Waals surface area contributed by atoms with Gasteiger partial charge in [0.05, 0.1) is 16.2 Å². The number of carboxylic acids is 1. The lowest BCUT2D eigenvalue weighted by atomic mass is 9.91. The lowest BCUT2D eigenvalue weighted by molar-refractivity contribution is -0.137. The number of halogens is 1. The minimum absolute atomic E-state index is 0.0546. The van der Waals surface area contributed by atoms with Gasteiger partial charge in [0.1, 0.15) is 5.82 Å². The molecule has 1 saturated carbocycles. The molecular formula is C14H17FO4S2. The summed E-state index contributed by atoms with van der Waals surface area (Å²) >= 11 is 1.04. The van der Waals surface area contributed by atoms with Gasteiger partial charge in [0.15, 0.2) is 9.84 Å². The van der Waals surface area contributed by atoms with Crippen LogP contribution in [0.25, 0.3) is 0 Å². The maximum Gasteiger partial charge on any atom is 0.303 e. The quantitative estimate of drug-likeness (QED) is 0.811. The van der Waals surface area contributed by atoms with Gasteiger partial charge >= 0.3 is 5.97 Å². The second-order valence-corrected chi connectivity index (χ2v) is 8.15. The summed E-state index contributed by atoms with van der Waals surface area (Å²) in [6.07, 6.45) is 4.35. The van der Waals surface area contributed by atoms with Crippen LogP contribution in [-0.4, -0.2) is 32.0 Å². The van der Waals surface area contributed by atoms with E-state index >= 15 is 0 Å². The van der Waals surface area contributed by atoms with Crippen molar-refractivity contribution >= 4 is 27.6 Å². The maximum atomic E-state index is 14.2. The Morgan fingerprint density at radius 2 is 2.10 bits per heavy atom. The molecule has 1 aliphatic rings. The molecular weight excluding hydrogens is 315 g/mol. The van der Waals surface area contributed by atoms with Crippen molar-refractivity contribution in [1.29, 1.82) is 0 Å². The molecule has 21 heavy (non-hydrogen) atoms. The highest BCUT2D eigenvalue weighted by atomic mass is 32.2. The second-order valence-electron chi connectivity index (χ2n) is 5.35. The fourth-order valence-electron chi connectivity index (χ4n) is 2.52. The highest BCUT2D eigenvalue weighted by Crippen LogP contribution is 2.45. The van der Waals surface area contributed by atoms with Crippen LogP contribution in [0.4, 0.5) is 4.39 Å². The Kier molecular flexibility index (Phi) is 4.63. The predicted octanol–water partition coefficient (Wildman–Crippen LogP) is 2.92. The van der Waals surface area contributed by atoms with Gasteiger partial charge in [0, 0.05) is 6.26 Å². The summed E-state index contributed by atoms with van der Waals surface area (Å²) in [7, 11) is -3.57. The number of thioether (sulfide) groups is 1. The average molecular weight is 332 g/mol. The minimum Gasteiger partial charge on any atom is -0.481 e. The second kappa shape index (κ2) is 5.96. The van der Waals surface area contributed by atoms with Gasteiger partial charge in [-0.25, -0.2) is 12.8 Å². The van der Waals surface area contributed by atoms with Gasteiger partial charge in [-0.15, -0.1) is 11.8 Å². The molecule has 4 nitrogen and oxygen atoms in total. The van der Waals surface area contributed by atoms with Crippen molar-refractivity contribution in [1.82, 2.24) is 0 Å². The molecule has 0 radical (unpaired) electrons. The SMILES string of the molecule is CSc1c(F)cc(C(CC(=O)O)C2CC2)cc1S(C)(=O)=O. The lowest BCUT2D eigenvalue weighted by Crippen LogP contribution is -2.11. The topological polar surface area (TPSA) is 71.4 Å². The van der Waals surface area contributed by atoms with E-state index in [1.54, 1.807) is 6.26 Å². The van der Waals surface area contributed by atoms with E-state index in [0.717, 1.165) is 30.9 Å². The van der Waals surface area contributed by atoms with Crippen molar-refractivity contribution in [3.05, 3.63) is 23.5 Å². The standard InChI is InChI=1S/C14H17FO4S2/c1-20-14-11(15)5-9(6-12(14)21(2,18)19)10(7-13(16)17)8-3-4-8/h5-6,8,10H,3-4,7H2,1-2H3,(H,16,17). The van der Waals surface area contributed by atoms with Crippen molar-refractivity contribution in [2.24, 2.45) is 5.92 Å². The van der Waals surface area contributed by atoms with Crippen LogP contribution in [0, 0.1) is 11.7 Å². The molecule has 1 N–H and O–H groups in total. The van der Waals surface area contributed by atoms with Crippen molar-refractivity contribution < 1.29 is 22.7 Å². The van der Waals surface area contributed by atoms with Crippen molar-refractivity contribution in [2.75, 3.05) is 12.5 Å². The van der Waals surface area contributed by atoms with E-state index in [0.29, 0.717) is 5.56 Å². The third-order valence-corrected chi connectivity index (χ3v) is 5.72. The lowest BCUT2D eigenvalue weighted by Gasteiger charge is -2.17. The number of aliphatic carboxylic acids is 1. The predicted molar refractivity (Wildman–Crippen MR) is 79.0 cm³/mol. The number of rotatable bonds is 6. The molecule has 0 amide bonds. The van der Waals surface area contributed by atoms with Crippen LogP contribution in [0.3, 0.4) is 0 Å². The first-order valence-electron chi connectivity index (χ1n) is 6.53. The number of hydrogen-bond donors (Lipinski definition) is 1. The molecule has 0 heterocycles. The third-order valence-electron chi connectivity index (χ3n) is 3.65. The number of benzene rings is 1. The Balaban J connectivity index is 2.54. The Labute approximate surface area is 127 Å². The van der Waals surface area contributed by atoms with Crippen LogP contribution >= 0.6 is 11.8 Å². The summed E-state index contributed by atoms with van der Waals surface area (Å²) < 4.78 is 37.9. The molecule has 1 fully saturated rings. The molecule has 0 aliphatic heterocycles. The highest BCUT2D eigenvalue weighted by Gasteiger charge is 2.35. The summed E-state index contributed by atoms with van der Waals surface area (Å²) in [6, 6.07) is 2.72. The molecule has 1 aromatic rings. The molecule has 1 atom stereocenters. The van der Waals surface area contributed by atoms with Crippen LogP contribution in [0.2, 0.25) is 0 Å². The maximum absolute atomic E-state index is 14.2. The monoisotopic (exact) mass is 332 g/mol. The van der Waals surface area contributed by atoms with Gasteiger partial charge < -0.3 is 5.11 Å². The zero-order valence-electron chi connectivity index (χ0n) is 11.8. The Morgan fingerprint density at radius 1 is 1.48 bits per heavy atom. The molecule has 1 aliphatic carbocycles. The largest absolute Gasteiger partial charge is 0.481 e. The van der Waals surface area contributed by atoms with E-state index in [-0.39, 0.29) is 28.0 Å². The van der Waals surface area contributed by atoms with E-state index in [2.05, 4.69) is 0 Å². The molecule has 0 bridgehead atoms. The average Bonchev–Trinajstić information content (AvgIpc) is 3.17. The zero-order valence-corrected chi connectivity index (χ0v) is 13.4. The number of hydrogen-bond acceptors (Lipinski definition) is 4. The summed E-state index contributed by atoms with van der Waals surface area (Å²) in [4.78, 5) is 11.0.